The van der Waals surface area contributed by atoms with Gasteiger partial charge in [-0.15, -0.1) is 0 Å². The Morgan fingerprint density at radius 3 is 2.31 bits per heavy atom. The number of rotatable bonds is 7. The minimum absolute atomic E-state index is 0.0894. The van der Waals surface area contributed by atoms with Gasteiger partial charge in [-0.25, -0.2) is 15.0 Å². The largest absolute Gasteiger partial charge is 0.493 e. The van der Waals surface area contributed by atoms with Crippen molar-refractivity contribution in [3.63, 3.8) is 0 Å². The summed E-state index contributed by atoms with van der Waals surface area (Å²) in [4.78, 5) is 16.5. The van der Waals surface area contributed by atoms with Crippen LogP contribution in [0.5, 0.6) is 17.2 Å². The monoisotopic (exact) mass is 469 g/mol. The number of sulfonamides is 1. The Kier molecular flexibility index (Phi) is 6.15. The summed E-state index contributed by atoms with van der Waals surface area (Å²) >= 11 is 6.42. The summed E-state index contributed by atoms with van der Waals surface area (Å²) in [6, 6.07) is 14.7. The number of benzene rings is 1. The van der Waals surface area contributed by atoms with Gasteiger partial charge in [0.2, 0.25) is 5.75 Å². The van der Waals surface area contributed by atoms with Crippen LogP contribution in [0.2, 0.25) is 5.15 Å². The van der Waals surface area contributed by atoms with Gasteiger partial charge in [0.15, 0.2) is 33.3 Å². The van der Waals surface area contributed by atoms with Gasteiger partial charge in [0.25, 0.3) is 10.0 Å². The summed E-state index contributed by atoms with van der Waals surface area (Å²) in [6.45, 7) is 0. The summed E-state index contributed by atoms with van der Waals surface area (Å²) < 4.78 is 39.4. The summed E-state index contributed by atoms with van der Waals surface area (Å²) in [5, 5.41) is -0.292. The van der Waals surface area contributed by atoms with Gasteiger partial charge in [0, 0.05) is 24.2 Å². The Hall–Kier alpha value is -3.76. The molecular weight excluding hydrogens is 454 g/mol. The molecule has 1 aromatic carbocycles. The molecule has 4 rings (SSSR count). The first-order valence-electron chi connectivity index (χ1n) is 9.20. The van der Waals surface area contributed by atoms with Crippen LogP contribution in [0.15, 0.2) is 78.2 Å². The number of nitrogens with zero attached hydrogens (tertiary/aromatic N) is 4. The first kappa shape index (κ1) is 21.5. The maximum atomic E-state index is 12.9. The molecule has 4 aromatic rings. The van der Waals surface area contributed by atoms with Crippen molar-refractivity contribution in [2.75, 3.05) is 11.8 Å². The average molecular weight is 470 g/mol. The molecule has 0 spiro atoms. The molecule has 0 fully saturated rings. The van der Waals surface area contributed by atoms with Crippen LogP contribution in [0.1, 0.15) is 0 Å². The lowest BCUT2D eigenvalue weighted by atomic mass is 10.2. The van der Waals surface area contributed by atoms with Gasteiger partial charge in [-0.3, -0.25) is 9.71 Å². The van der Waals surface area contributed by atoms with Crippen molar-refractivity contribution in [1.82, 2.24) is 19.9 Å². The predicted octanol–water partition coefficient (Wildman–Crippen LogP) is 4.19. The van der Waals surface area contributed by atoms with Gasteiger partial charge in [0.05, 0.1) is 7.11 Å². The van der Waals surface area contributed by atoms with E-state index in [0.717, 1.165) is 0 Å². The van der Waals surface area contributed by atoms with Gasteiger partial charge >= 0.3 is 0 Å². The number of anilines is 1. The second-order valence-electron chi connectivity index (χ2n) is 6.28. The molecule has 0 aliphatic carbocycles. The second-order valence-corrected chi connectivity index (χ2v) is 8.27. The van der Waals surface area contributed by atoms with Crippen molar-refractivity contribution < 1.29 is 17.9 Å². The molecule has 3 heterocycles. The summed E-state index contributed by atoms with van der Waals surface area (Å²) in [6.07, 6.45) is 4.49. The third-order valence-corrected chi connectivity index (χ3v) is 5.70. The van der Waals surface area contributed by atoms with E-state index in [1.54, 1.807) is 60.9 Å². The number of para-hydroxylation sites is 2. The normalized spacial score (nSPS) is 11.1. The molecule has 1 N–H and O–H groups in total. The molecule has 0 amide bonds. The van der Waals surface area contributed by atoms with Crippen molar-refractivity contribution in [1.29, 1.82) is 0 Å². The number of pyridine rings is 2. The molecule has 9 nitrogen and oxygen atoms in total. The Morgan fingerprint density at radius 2 is 1.62 bits per heavy atom. The number of halogens is 1. The van der Waals surface area contributed by atoms with E-state index in [1.165, 1.54) is 19.4 Å². The third kappa shape index (κ3) is 4.61. The lowest BCUT2D eigenvalue weighted by Gasteiger charge is -2.16. The molecule has 0 unspecified atom stereocenters. The number of aromatic nitrogens is 4. The predicted molar refractivity (Wildman–Crippen MR) is 118 cm³/mol. The van der Waals surface area contributed by atoms with Gasteiger partial charge < -0.3 is 9.47 Å². The standard InChI is InChI=1S/C21H16ClN5O4S/c1-30-15-6-2-3-7-16(15)31-18-19(22)25-20(14-9-12-23-13-10-14)26-21(18)27-32(28,29)17-8-4-5-11-24-17/h2-13H,1H3,(H,25,26,27). The van der Waals surface area contributed by atoms with Crippen LogP contribution in [-0.2, 0) is 10.0 Å². The van der Waals surface area contributed by atoms with Crippen LogP contribution in [0.25, 0.3) is 11.4 Å². The molecule has 0 saturated heterocycles. The highest BCUT2D eigenvalue weighted by molar-refractivity contribution is 7.92. The van der Waals surface area contributed by atoms with Crippen LogP contribution in [0, 0.1) is 0 Å². The van der Waals surface area contributed by atoms with Crippen LogP contribution < -0.4 is 14.2 Å². The lowest BCUT2D eigenvalue weighted by Crippen LogP contribution is -2.16. The van der Waals surface area contributed by atoms with E-state index in [4.69, 9.17) is 21.1 Å². The summed E-state index contributed by atoms with van der Waals surface area (Å²) in [7, 11) is -2.61. The zero-order valence-corrected chi connectivity index (χ0v) is 18.2. The molecule has 162 valence electrons. The fraction of sp³-hybridized carbons (Fsp3) is 0.0476. The van der Waals surface area contributed by atoms with Gasteiger partial charge in [0.1, 0.15) is 0 Å². The average Bonchev–Trinajstić information content (AvgIpc) is 2.82. The number of methoxy groups -OCH3 is 1. The Morgan fingerprint density at radius 1 is 0.906 bits per heavy atom. The molecule has 32 heavy (non-hydrogen) atoms. The van der Waals surface area contributed by atoms with Crippen molar-refractivity contribution in [2.24, 2.45) is 0 Å². The molecule has 0 aliphatic rings. The van der Waals surface area contributed by atoms with E-state index >= 15 is 0 Å². The summed E-state index contributed by atoms with van der Waals surface area (Å²) in [5.74, 6) is 0.654. The van der Waals surface area contributed by atoms with E-state index in [0.29, 0.717) is 17.1 Å². The maximum Gasteiger partial charge on any atom is 0.280 e. The van der Waals surface area contributed by atoms with Crippen molar-refractivity contribution in [2.45, 2.75) is 5.03 Å². The maximum absolute atomic E-state index is 12.9. The van der Waals surface area contributed by atoms with Crippen LogP contribution >= 0.6 is 11.6 Å². The van der Waals surface area contributed by atoms with E-state index < -0.39 is 10.0 Å². The van der Waals surface area contributed by atoms with Gasteiger partial charge in [-0.05, 0) is 36.4 Å². The van der Waals surface area contributed by atoms with Gasteiger partial charge in [-0.2, -0.15) is 8.42 Å². The zero-order chi connectivity index (χ0) is 22.6. The third-order valence-electron chi connectivity index (χ3n) is 4.19. The van der Waals surface area contributed by atoms with Gasteiger partial charge in [-0.1, -0.05) is 29.8 Å². The van der Waals surface area contributed by atoms with Crippen LogP contribution in [-0.4, -0.2) is 35.5 Å². The Labute approximate surface area is 189 Å². The lowest BCUT2D eigenvalue weighted by molar-refractivity contribution is 0.378. The number of hydrogen-bond donors (Lipinski definition) is 1. The summed E-state index contributed by atoms with van der Waals surface area (Å²) in [5.41, 5.74) is 0.587. The second kappa shape index (κ2) is 9.16. The molecular formula is C21H16ClN5O4S. The Bertz CT molecular complexity index is 1340. The SMILES string of the molecule is COc1ccccc1Oc1c(Cl)nc(-c2ccncc2)nc1NS(=O)(=O)c1ccccn1. The highest BCUT2D eigenvalue weighted by Gasteiger charge is 2.24. The molecule has 11 heteroatoms. The van der Waals surface area contributed by atoms with Crippen molar-refractivity contribution in [3.8, 4) is 28.6 Å². The topological polar surface area (TPSA) is 116 Å². The van der Waals surface area contributed by atoms with Crippen LogP contribution in [0.4, 0.5) is 5.82 Å². The molecule has 0 saturated carbocycles. The smallest absolute Gasteiger partial charge is 0.280 e. The quantitative estimate of drug-likeness (QED) is 0.400. The fourth-order valence-corrected chi connectivity index (χ4v) is 3.87. The number of nitrogens with one attached hydrogen (secondary N) is 1. The minimum Gasteiger partial charge on any atom is -0.493 e. The fourth-order valence-electron chi connectivity index (χ4n) is 2.71. The van der Waals surface area contributed by atoms with E-state index in [2.05, 4.69) is 24.7 Å². The van der Waals surface area contributed by atoms with Crippen molar-refractivity contribution >= 4 is 27.4 Å². The van der Waals surface area contributed by atoms with Crippen LogP contribution in [0.3, 0.4) is 0 Å². The van der Waals surface area contributed by atoms with E-state index in [1.807, 2.05) is 0 Å². The molecule has 0 atom stereocenters. The molecule has 0 bridgehead atoms. The highest BCUT2D eigenvalue weighted by atomic mass is 35.5. The minimum atomic E-state index is -4.09. The molecule has 0 radical (unpaired) electrons. The number of ether oxygens (including phenoxy) is 2. The Balaban J connectivity index is 1.83. The first-order valence-corrected chi connectivity index (χ1v) is 11.1. The number of hydrogen-bond acceptors (Lipinski definition) is 8. The van der Waals surface area contributed by atoms with E-state index in [9.17, 15) is 8.42 Å². The zero-order valence-electron chi connectivity index (χ0n) is 16.6. The van der Waals surface area contributed by atoms with Crippen molar-refractivity contribution in [3.05, 3.63) is 78.3 Å². The first-order chi connectivity index (χ1) is 15.5. The molecule has 3 aromatic heterocycles. The molecule has 0 aliphatic heterocycles. The van der Waals surface area contributed by atoms with E-state index in [-0.39, 0.29) is 27.6 Å². The highest BCUT2D eigenvalue weighted by Crippen LogP contribution is 2.39.